The third-order valence-corrected chi connectivity index (χ3v) is 6.05. The number of fused-ring (bicyclic) bond motifs is 1. The van der Waals surface area contributed by atoms with Crippen LogP contribution in [0.25, 0.3) is 0 Å². The molecule has 1 aliphatic heterocycles. The van der Waals surface area contributed by atoms with Gasteiger partial charge in [-0.15, -0.1) is 0 Å². The zero-order chi connectivity index (χ0) is 19.9. The second kappa shape index (κ2) is 7.29. The Morgan fingerprint density at radius 2 is 2.11 bits per heavy atom. The van der Waals surface area contributed by atoms with Gasteiger partial charge >= 0.3 is 0 Å². The minimum Gasteiger partial charge on any atom is -0.385 e. The van der Waals surface area contributed by atoms with E-state index in [2.05, 4.69) is 15.4 Å². The lowest BCUT2D eigenvalue weighted by Gasteiger charge is -2.36. The molecule has 0 radical (unpaired) electrons. The highest BCUT2D eigenvalue weighted by molar-refractivity contribution is 5.94. The summed E-state index contributed by atoms with van der Waals surface area (Å²) in [7, 11) is 1.81. The molecule has 0 unspecified atom stereocenters. The largest absolute Gasteiger partial charge is 0.385 e. The molecule has 7 nitrogen and oxygen atoms in total. The van der Waals surface area contributed by atoms with Gasteiger partial charge in [-0.25, -0.2) is 0 Å². The van der Waals surface area contributed by atoms with Crippen LogP contribution in [0.2, 0.25) is 0 Å². The lowest BCUT2D eigenvalue weighted by atomic mass is 9.78. The van der Waals surface area contributed by atoms with Crippen molar-refractivity contribution in [2.45, 2.75) is 69.8 Å². The summed E-state index contributed by atoms with van der Waals surface area (Å²) in [6.07, 6.45) is 6.77. The van der Waals surface area contributed by atoms with Crippen molar-refractivity contribution in [1.82, 2.24) is 20.1 Å². The summed E-state index contributed by atoms with van der Waals surface area (Å²) < 4.78 is 7.51. The molecule has 150 valence electrons. The number of aliphatic hydroxyl groups is 1. The number of nitrogens with zero attached hydrogens (tertiary/aromatic N) is 3. The standard InChI is InChI=1S/C21H28N4O3/c1-13-11-17-18(14(2)28-13)24-25(3)19(17)20(26)23-16-6-8-21(27,9-7-16)15-5-4-10-22-12-15/h4-5,10,12-14,16,27H,6-9,11H2,1-3H3,(H,23,26)/t13-,14+,16?,21?/m1/s1. The second-order valence-corrected chi connectivity index (χ2v) is 8.15. The normalized spacial score (nSPS) is 29.9. The molecule has 1 fully saturated rings. The zero-order valence-corrected chi connectivity index (χ0v) is 16.7. The van der Waals surface area contributed by atoms with Crippen LogP contribution in [0.1, 0.15) is 72.9 Å². The number of rotatable bonds is 3. The summed E-state index contributed by atoms with van der Waals surface area (Å²) in [6.45, 7) is 4.00. The maximum atomic E-state index is 13.0. The summed E-state index contributed by atoms with van der Waals surface area (Å²) >= 11 is 0. The molecule has 2 aliphatic rings. The Morgan fingerprint density at radius 1 is 1.36 bits per heavy atom. The van der Waals surface area contributed by atoms with Gasteiger partial charge in [0, 0.05) is 43.0 Å². The van der Waals surface area contributed by atoms with Crippen molar-refractivity contribution in [2.75, 3.05) is 0 Å². The van der Waals surface area contributed by atoms with Crippen LogP contribution >= 0.6 is 0 Å². The average molecular weight is 384 g/mol. The van der Waals surface area contributed by atoms with Crippen LogP contribution in [-0.2, 0) is 23.8 Å². The highest BCUT2D eigenvalue weighted by Gasteiger charge is 2.37. The van der Waals surface area contributed by atoms with Gasteiger partial charge in [0.15, 0.2) is 0 Å². The lowest BCUT2D eigenvalue weighted by Crippen LogP contribution is -2.43. The van der Waals surface area contributed by atoms with Crippen LogP contribution in [0.3, 0.4) is 0 Å². The number of aryl methyl sites for hydroxylation is 1. The molecule has 7 heteroatoms. The molecule has 2 aromatic rings. The molecule has 2 atom stereocenters. The molecule has 0 bridgehead atoms. The van der Waals surface area contributed by atoms with E-state index in [1.165, 1.54) is 0 Å². The highest BCUT2D eigenvalue weighted by Crippen LogP contribution is 2.37. The van der Waals surface area contributed by atoms with E-state index in [0.29, 0.717) is 25.0 Å². The molecule has 0 spiro atoms. The van der Waals surface area contributed by atoms with Crippen molar-refractivity contribution in [3.05, 3.63) is 47.0 Å². The third-order valence-electron chi connectivity index (χ3n) is 6.05. The van der Waals surface area contributed by atoms with E-state index in [-0.39, 0.29) is 24.2 Å². The molecule has 1 aliphatic carbocycles. The Morgan fingerprint density at radius 3 is 2.79 bits per heavy atom. The van der Waals surface area contributed by atoms with Gasteiger partial charge in [-0.05, 0) is 45.6 Å². The first-order valence-electron chi connectivity index (χ1n) is 10.0. The van der Waals surface area contributed by atoms with Crippen LogP contribution in [-0.4, -0.2) is 37.9 Å². The van der Waals surface area contributed by atoms with Crippen molar-refractivity contribution in [2.24, 2.45) is 7.05 Å². The fourth-order valence-electron chi connectivity index (χ4n) is 4.57. The Kier molecular flexibility index (Phi) is 4.97. The molecule has 28 heavy (non-hydrogen) atoms. The molecule has 2 aromatic heterocycles. The van der Waals surface area contributed by atoms with Crippen molar-refractivity contribution < 1.29 is 14.6 Å². The predicted octanol–water partition coefficient (Wildman–Crippen LogP) is 2.40. The number of carbonyl (C=O) groups excluding carboxylic acids is 1. The summed E-state index contributed by atoms with van der Waals surface area (Å²) in [5, 5.41) is 18.6. The summed E-state index contributed by atoms with van der Waals surface area (Å²) in [5.74, 6) is -0.0885. The van der Waals surface area contributed by atoms with Crippen molar-refractivity contribution in [1.29, 1.82) is 0 Å². The van der Waals surface area contributed by atoms with Gasteiger partial charge in [-0.2, -0.15) is 5.10 Å². The van der Waals surface area contributed by atoms with Gasteiger partial charge in [0.2, 0.25) is 0 Å². The molecule has 1 saturated carbocycles. The Balaban J connectivity index is 1.45. The first-order valence-corrected chi connectivity index (χ1v) is 10.0. The SMILES string of the molecule is C[C@@H]1Cc2c(nn(C)c2C(=O)NC2CCC(O)(c3cccnc3)CC2)[C@H](C)O1. The number of aromatic nitrogens is 3. The van der Waals surface area contributed by atoms with E-state index in [9.17, 15) is 9.90 Å². The minimum absolute atomic E-state index is 0.0460. The number of amides is 1. The van der Waals surface area contributed by atoms with Crippen LogP contribution < -0.4 is 5.32 Å². The fourth-order valence-corrected chi connectivity index (χ4v) is 4.57. The minimum atomic E-state index is -0.858. The number of nitrogens with one attached hydrogen (secondary N) is 1. The van der Waals surface area contributed by atoms with Crippen LogP contribution in [0.4, 0.5) is 0 Å². The van der Waals surface area contributed by atoms with Gasteiger partial charge in [-0.1, -0.05) is 6.07 Å². The van der Waals surface area contributed by atoms with Gasteiger partial charge in [0.05, 0.1) is 23.5 Å². The van der Waals surface area contributed by atoms with Crippen molar-refractivity contribution >= 4 is 5.91 Å². The average Bonchev–Trinajstić information content (AvgIpc) is 3.01. The maximum Gasteiger partial charge on any atom is 0.270 e. The summed E-state index contributed by atoms with van der Waals surface area (Å²) in [4.78, 5) is 17.1. The van der Waals surface area contributed by atoms with E-state index in [1.807, 2.05) is 33.0 Å². The molecule has 0 saturated heterocycles. The van der Waals surface area contributed by atoms with E-state index in [1.54, 1.807) is 17.1 Å². The molecule has 0 aromatic carbocycles. The van der Waals surface area contributed by atoms with Gasteiger partial charge in [0.25, 0.3) is 5.91 Å². The van der Waals surface area contributed by atoms with Gasteiger partial charge < -0.3 is 15.2 Å². The number of pyridine rings is 1. The molecular formula is C21H28N4O3. The lowest BCUT2D eigenvalue weighted by molar-refractivity contribution is -0.00877. The number of hydrogen-bond donors (Lipinski definition) is 2. The fraction of sp³-hybridized carbons (Fsp3) is 0.571. The second-order valence-electron chi connectivity index (χ2n) is 8.15. The predicted molar refractivity (Wildman–Crippen MR) is 104 cm³/mol. The third kappa shape index (κ3) is 3.44. The van der Waals surface area contributed by atoms with Gasteiger partial charge in [-0.3, -0.25) is 14.5 Å². The molecular weight excluding hydrogens is 356 g/mol. The first kappa shape index (κ1) is 19.1. The van der Waals surface area contributed by atoms with Gasteiger partial charge in [0.1, 0.15) is 5.69 Å². The first-order chi connectivity index (χ1) is 13.4. The Hall–Kier alpha value is -2.25. The van der Waals surface area contributed by atoms with E-state index < -0.39 is 5.60 Å². The van der Waals surface area contributed by atoms with E-state index in [0.717, 1.165) is 29.7 Å². The summed E-state index contributed by atoms with van der Waals surface area (Å²) in [5.41, 5.74) is 2.48. The van der Waals surface area contributed by atoms with Crippen LogP contribution in [0.5, 0.6) is 0 Å². The topological polar surface area (TPSA) is 89.3 Å². The zero-order valence-electron chi connectivity index (χ0n) is 16.7. The number of ether oxygens (including phenoxy) is 1. The van der Waals surface area contributed by atoms with Crippen molar-refractivity contribution in [3.63, 3.8) is 0 Å². The molecule has 3 heterocycles. The van der Waals surface area contributed by atoms with Crippen LogP contribution in [0.15, 0.2) is 24.5 Å². The monoisotopic (exact) mass is 384 g/mol. The Labute approximate surface area is 165 Å². The van der Waals surface area contributed by atoms with E-state index >= 15 is 0 Å². The molecule has 1 amide bonds. The number of hydrogen-bond acceptors (Lipinski definition) is 5. The Bertz CT molecular complexity index is 856. The number of carbonyl (C=O) groups is 1. The maximum absolute atomic E-state index is 13.0. The van der Waals surface area contributed by atoms with Crippen molar-refractivity contribution in [3.8, 4) is 0 Å². The quantitative estimate of drug-likeness (QED) is 0.848. The smallest absolute Gasteiger partial charge is 0.270 e. The van der Waals surface area contributed by atoms with Crippen LogP contribution in [0, 0.1) is 0 Å². The molecule has 4 rings (SSSR count). The summed E-state index contributed by atoms with van der Waals surface area (Å²) in [6, 6.07) is 3.81. The highest BCUT2D eigenvalue weighted by atomic mass is 16.5. The van der Waals surface area contributed by atoms with E-state index in [4.69, 9.17) is 4.74 Å². The molecule has 2 N–H and O–H groups in total.